The van der Waals surface area contributed by atoms with Gasteiger partial charge >= 0.3 is 0 Å². The maximum atomic E-state index is 12.1. The topological polar surface area (TPSA) is 98.7 Å². The molecular formula is C28H28ClN5O4. The van der Waals surface area contributed by atoms with Gasteiger partial charge in [-0.2, -0.15) is 0 Å². The number of hydrogen-bond acceptors (Lipinski definition) is 8. The summed E-state index contributed by atoms with van der Waals surface area (Å²) in [5.41, 5.74) is 2.32. The number of rotatable bonds is 10. The Bertz CT molecular complexity index is 1400. The van der Waals surface area contributed by atoms with Crippen molar-refractivity contribution in [2.24, 2.45) is 5.92 Å². The number of carbonyl (C=O) groups is 1. The van der Waals surface area contributed by atoms with Gasteiger partial charge in [0.15, 0.2) is 0 Å². The smallest absolute Gasteiger partial charge is 0.248 e. The standard InChI is InChI=1S/C28H28ClN5O4/c1-36-17-26(35)34-12-10-19(14-34)15-37-25-7-4-6-23-27(25)28(32-18-31-23)33-20-8-9-24(22(29)13-20)38-16-21-5-2-3-11-30-21/h2-9,11,13,18-19H,10,12,14-17H2,1H3,(H,31,32,33)/t19-/m0/s1. The van der Waals surface area contributed by atoms with E-state index in [0.717, 1.165) is 28.7 Å². The Hall–Kier alpha value is -3.95. The Morgan fingerprint density at radius 1 is 1.08 bits per heavy atom. The third-order valence-electron chi connectivity index (χ3n) is 6.30. The van der Waals surface area contributed by atoms with E-state index in [2.05, 4.69) is 20.3 Å². The van der Waals surface area contributed by atoms with Crippen molar-refractivity contribution in [2.45, 2.75) is 13.0 Å². The highest BCUT2D eigenvalue weighted by atomic mass is 35.5. The fourth-order valence-corrected chi connectivity index (χ4v) is 4.61. The van der Waals surface area contributed by atoms with Crippen LogP contribution >= 0.6 is 11.6 Å². The van der Waals surface area contributed by atoms with Crippen molar-refractivity contribution in [3.63, 3.8) is 0 Å². The summed E-state index contributed by atoms with van der Waals surface area (Å²) in [6.07, 6.45) is 4.12. The Kier molecular flexibility index (Phi) is 8.15. The number of methoxy groups -OCH3 is 1. The number of pyridine rings is 1. The summed E-state index contributed by atoms with van der Waals surface area (Å²) < 4.78 is 17.1. The summed E-state index contributed by atoms with van der Waals surface area (Å²) in [7, 11) is 1.53. The van der Waals surface area contributed by atoms with Crippen LogP contribution in [0.15, 0.2) is 67.1 Å². The van der Waals surface area contributed by atoms with Crippen LogP contribution in [-0.2, 0) is 16.1 Å². The van der Waals surface area contributed by atoms with Crippen molar-refractivity contribution >= 4 is 39.9 Å². The van der Waals surface area contributed by atoms with Gasteiger partial charge < -0.3 is 24.4 Å². The van der Waals surface area contributed by atoms with Crippen molar-refractivity contribution in [3.8, 4) is 11.5 Å². The lowest BCUT2D eigenvalue weighted by Gasteiger charge is -2.17. The van der Waals surface area contributed by atoms with Crippen molar-refractivity contribution in [1.82, 2.24) is 19.9 Å². The molecule has 1 amide bonds. The summed E-state index contributed by atoms with van der Waals surface area (Å²) in [5, 5.41) is 4.58. The first-order valence-corrected chi connectivity index (χ1v) is 12.7. The number of likely N-dealkylation sites (tertiary alicyclic amines) is 1. The minimum absolute atomic E-state index is 0.00635. The first kappa shape index (κ1) is 25.7. The van der Waals surface area contributed by atoms with Crippen LogP contribution < -0.4 is 14.8 Å². The summed E-state index contributed by atoms with van der Waals surface area (Å²) in [6.45, 7) is 2.28. The van der Waals surface area contributed by atoms with Crippen LogP contribution in [0.3, 0.4) is 0 Å². The molecule has 38 heavy (non-hydrogen) atoms. The maximum Gasteiger partial charge on any atom is 0.248 e. The number of amides is 1. The molecule has 3 heterocycles. The first-order chi connectivity index (χ1) is 18.6. The molecule has 2 aromatic heterocycles. The molecular weight excluding hydrogens is 506 g/mol. The van der Waals surface area contributed by atoms with Crippen LogP contribution in [0.25, 0.3) is 10.9 Å². The number of aromatic nitrogens is 3. The zero-order chi connectivity index (χ0) is 26.3. The van der Waals surface area contributed by atoms with E-state index >= 15 is 0 Å². The van der Waals surface area contributed by atoms with Crippen molar-refractivity contribution in [3.05, 3.63) is 77.8 Å². The molecule has 0 radical (unpaired) electrons. The van der Waals surface area contributed by atoms with Gasteiger partial charge in [0.1, 0.15) is 36.9 Å². The Morgan fingerprint density at radius 3 is 2.82 bits per heavy atom. The van der Waals surface area contributed by atoms with E-state index in [-0.39, 0.29) is 18.4 Å². The molecule has 10 heteroatoms. The van der Waals surface area contributed by atoms with Gasteiger partial charge in [0.25, 0.3) is 0 Å². The van der Waals surface area contributed by atoms with E-state index in [1.165, 1.54) is 13.4 Å². The Labute approximate surface area is 225 Å². The third kappa shape index (κ3) is 6.12. The normalized spacial score (nSPS) is 15.0. The maximum absolute atomic E-state index is 12.1. The number of hydrogen-bond donors (Lipinski definition) is 1. The molecule has 1 aliphatic heterocycles. The number of fused-ring (bicyclic) bond motifs is 1. The average molecular weight is 534 g/mol. The van der Waals surface area contributed by atoms with Gasteiger partial charge in [-0.1, -0.05) is 23.7 Å². The highest BCUT2D eigenvalue weighted by molar-refractivity contribution is 6.32. The lowest BCUT2D eigenvalue weighted by molar-refractivity contribution is -0.134. The second-order valence-corrected chi connectivity index (χ2v) is 9.40. The van der Waals surface area contributed by atoms with Crippen LogP contribution in [-0.4, -0.2) is 59.2 Å². The molecule has 9 nitrogen and oxygen atoms in total. The molecule has 196 valence electrons. The molecule has 1 atom stereocenters. The van der Waals surface area contributed by atoms with Crippen molar-refractivity contribution < 1.29 is 19.0 Å². The van der Waals surface area contributed by atoms with Crippen molar-refractivity contribution in [1.29, 1.82) is 0 Å². The Balaban J connectivity index is 1.28. The SMILES string of the molecule is COCC(=O)N1CC[C@H](COc2cccc3ncnc(Nc4ccc(OCc5ccccn5)c(Cl)c4)c23)C1. The van der Waals surface area contributed by atoms with E-state index in [1.54, 1.807) is 12.3 Å². The molecule has 0 spiro atoms. The molecule has 0 bridgehead atoms. The van der Waals surface area contributed by atoms with Gasteiger partial charge in [0.05, 0.1) is 28.2 Å². The van der Waals surface area contributed by atoms with E-state index < -0.39 is 0 Å². The minimum Gasteiger partial charge on any atom is -0.492 e. The summed E-state index contributed by atoms with van der Waals surface area (Å²) in [4.78, 5) is 27.1. The van der Waals surface area contributed by atoms with Gasteiger partial charge in [0.2, 0.25) is 5.91 Å². The average Bonchev–Trinajstić information content (AvgIpc) is 3.42. The summed E-state index contributed by atoms with van der Waals surface area (Å²) in [6, 6.07) is 16.9. The molecule has 0 aliphatic carbocycles. The molecule has 1 saturated heterocycles. The lowest BCUT2D eigenvalue weighted by Crippen LogP contribution is -2.32. The zero-order valence-corrected chi connectivity index (χ0v) is 21.7. The molecule has 1 aliphatic rings. The third-order valence-corrected chi connectivity index (χ3v) is 6.60. The van der Waals surface area contributed by atoms with Gasteiger partial charge in [-0.05, 0) is 48.9 Å². The molecule has 1 N–H and O–H groups in total. The van der Waals surface area contributed by atoms with Crippen LogP contribution in [0.1, 0.15) is 12.1 Å². The van der Waals surface area contributed by atoms with E-state index in [4.69, 9.17) is 25.8 Å². The highest BCUT2D eigenvalue weighted by Crippen LogP contribution is 2.34. The molecule has 4 aromatic rings. The predicted molar refractivity (Wildman–Crippen MR) is 145 cm³/mol. The minimum atomic E-state index is 0.00635. The predicted octanol–water partition coefficient (Wildman–Crippen LogP) is 4.87. The molecule has 0 saturated carbocycles. The zero-order valence-electron chi connectivity index (χ0n) is 21.0. The highest BCUT2D eigenvalue weighted by Gasteiger charge is 2.26. The lowest BCUT2D eigenvalue weighted by atomic mass is 10.1. The van der Waals surface area contributed by atoms with Gasteiger partial charge in [-0.25, -0.2) is 9.97 Å². The largest absolute Gasteiger partial charge is 0.492 e. The van der Waals surface area contributed by atoms with Crippen LogP contribution in [0.4, 0.5) is 11.5 Å². The summed E-state index contributed by atoms with van der Waals surface area (Å²) in [5.74, 6) is 2.09. The quantitative estimate of drug-likeness (QED) is 0.308. The number of anilines is 2. The van der Waals surface area contributed by atoms with E-state index in [1.807, 2.05) is 53.4 Å². The van der Waals surface area contributed by atoms with E-state index in [9.17, 15) is 4.79 Å². The molecule has 0 unspecified atom stereocenters. The number of nitrogens with one attached hydrogen (secondary N) is 1. The van der Waals surface area contributed by atoms with Crippen LogP contribution in [0.2, 0.25) is 5.02 Å². The number of nitrogens with zero attached hydrogens (tertiary/aromatic N) is 4. The number of halogens is 1. The van der Waals surface area contributed by atoms with Gasteiger partial charge in [-0.15, -0.1) is 0 Å². The summed E-state index contributed by atoms with van der Waals surface area (Å²) >= 11 is 6.51. The fraction of sp³-hybridized carbons (Fsp3) is 0.286. The molecule has 5 rings (SSSR count). The number of ether oxygens (including phenoxy) is 3. The monoisotopic (exact) mass is 533 g/mol. The second-order valence-electron chi connectivity index (χ2n) is 8.99. The number of carbonyl (C=O) groups excluding carboxylic acids is 1. The van der Waals surface area contributed by atoms with Gasteiger partial charge in [-0.3, -0.25) is 9.78 Å². The fourth-order valence-electron chi connectivity index (χ4n) is 4.38. The molecule has 2 aromatic carbocycles. The first-order valence-electron chi connectivity index (χ1n) is 12.3. The van der Waals surface area contributed by atoms with Crippen LogP contribution in [0, 0.1) is 5.92 Å². The van der Waals surface area contributed by atoms with Crippen molar-refractivity contribution in [2.75, 3.05) is 38.7 Å². The van der Waals surface area contributed by atoms with E-state index in [0.29, 0.717) is 48.6 Å². The Morgan fingerprint density at radius 2 is 2.00 bits per heavy atom. The van der Waals surface area contributed by atoms with Gasteiger partial charge in [0, 0.05) is 38.0 Å². The molecule has 1 fully saturated rings. The van der Waals surface area contributed by atoms with Crippen LogP contribution in [0.5, 0.6) is 11.5 Å². The second kappa shape index (κ2) is 12.1. The number of benzene rings is 2.